The monoisotopic (exact) mass is 228 g/mol. The van der Waals surface area contributed by atoms with Crippen molar-refractivity contribution < 1.29 is 9.90 Å². The maximum absolute atomic E-state index is 11.6. The summed E-state index contributed by atoms with van der Waals surface area (Å²) in [4.78, 5) is 15.7. The number of hydrogen-bond acceptors (Lipinski definition) is 3. The smallest absolute Gasteiger partial charge is 0.222 e. The SMILES string of the molecule is CN1CCC(CCN(C)C(=O)CCCO)C1. The fourth-order valence-electron chi connectivity index (χ4n) is 2.18. The Morgan fingerprint density at radius 2 is 2.31 bits per heavy atom. The van der Waals surface area contributed by atoms with Gasteiger partial charge in [-0.3, -0.25) is 4.79 Å². The van der Waals surface area contributed by atoms with Gasteiger partial charge in [0, 0.05) is 33.2 Å². The van der Waals surface area contributed by atoms with Crippen molar-refractivity contribution in [1.29, 1.82) is 0 Å². The fraction of sp³-hybridized carbons (Fsp3) is 0.917. The number of rotatable bonds is 6. The highest BCUT2D eigenvalue weighted by atomic mass is 16.3. The summed E-state index contributed by atoms with van der Waals surface area (Å²) < 4.78 is 0. The molecule has 0 aromatic carbocycles. The summed E-state index contributed by atoms with van der Waals surface area (Å²) >= 11 is 0. The van der Waals surface area contributed by atoms with Crippen molar-refractivity contribution in [2.24, 2.45) is 5.92 Å². The molecule has 0 radical (unpaired) electrons. The van der Waals surface area contributed by atoms with Gasteiger partial charge in [0.15, 0.2) is 0 Å². The van der Waals surface area contributed by atoms with Crippen molar-refractivity contribution in [3.8, 4) is 0 Å². The predicted octanol–water partition coefficient (Wildman–Crippen LogP) is 0.559. The third-order valence-electron chi connectivity index (χ3n) is 3.34. The second kappa shape index (κ2) is 6.86. The van der Waals surface area contributed by atoms with Gasteiger partial charge in [-0.2, -0.15) is 0 Å². The molecule has 1 aliphatic heterocycles. The molecule has 4 nitrogen and oxygen atoms in total. The highest BCUT2D eigenvalue weighted by Crippen LogP contribution is 2.18. The molecule has 0 aromatic heterocycles. The van der Waals surface area contributed by atoms with Crippen LogP contribution in [-0.4, -0.2) is 61.2 Å². The first-order chi connectivity index (χ1) is 7.63. The zero-order chi connectivity index (χ0) is 12.0. The maximum atomic E-state index is 11.6. The molecular weight excluding hydrogens is 204 g/mol. The summed E-state index contributed by atoms with van der Waals surface area (Å²) in [5.41, 5.74) is 0. The Bertz CT molecular complexity index is 221. The van der Waals surface area contributed by atoms with Gasteiger partial charge >= 0.3 is 0 Å². The molecule has 16 heavy (non-hydrogen) atoms. The van der Waals surface area contributed by atoms with E-state index in [9.17, 15) is 4.79 Å². The molecule has 0 aliphatic carbocycles. The molecule has 1 N–H and O–H groups in total. The van der Waals surface area contributed by atoms with Gasteiger partial charge in [-0.1, -0.05) is 0 Å². The zero-order valence-corrected chi connectivity index (χ0v) is 10.5. The molecule has 0 bridgehead atoms. The van der Waals surface area contributed by atoms with E-state index in [1.165, 1.54) is 19.5 Å². The number of likely N-dealkylation sites (tertiary alicyclic amines) is 1. The normalized spacial score (nSPS) is 21.3. The average Bonchev–Trinajstić information content (AvgIpc) is 2.68. The van der Waals surface area contributed by atoms with Crippen LogP contribution in [0.3, 0.4) is 0 Å². The Labute approximate surface area is 98.2 Å². The highest BCUT2D eigenvalue weighted by Gasteiger charge is 2.20. The summed E-state index contributed by atoms with van der Waals surface area (Å²) in [6.45, 7) is 3.31. The molecule has 4 heteroatoms. The second-order valence-corrected chi connectivity index (χ2v) is 4.85. The molecule has 0 saturated carbocycles. The van der Waals surface area contributed by atoms with Gasteiger partial charge in [0.2, 0.25) is 5.91 Å². The van der Waals surface area contributed by atoms with E-state index in [0.29, 0.717) is 12.8 Å². The van der Waals surface area contributed by atoms with E-state index in [0.717, 1.165) is 18.9 Å². The van der Waals surface area contributed by atoms with Crippen molar-refractivity contribution in [1.82, 2.24) is 9.80 Å². The lowest BCUT2D eigenvalue weighted by atomic mass is 10.0. The minimum absolute atomic E-state index is 0.104. The van der Waals surface area contributed by atoms with Crippen LogP contribution in [0.4, 0.5) is 0 Å². The van der Waals surface area contributed by atoms with E-state index < -0.39 is 0 Å². The Morgan fingerprint density at radius 3 is 2.88 bits per heavy atom. The molecule has 1 aliphatic rings. The molecule has 94 valence electrons. The third kappa shape index (κ3) is 4.49. The lowest BCUT2D eigenvalue weighted by molar-refractivity contribution is -0.130. The number of carbonyl (C=O) groups excluding carboxylic acids is 1. The van der Waals surface area contributed by atoms with E-state index in [1.807, 2.05) is 7.05 Å². The van der Waals surface area contributed by atoms with Crippen molar-refractivity contribution in [2.75, 3.05) is 40.3 Å². The summed E-state index contributed by atoms with van der Waals surface area (Å²) in [7, 11) is 4.01. The minimum atomic E-state index is 0.104. The second-order valence-electron chi connectivity index (χ2n) is 4.85. The van der Waals surface area contributed by atoms with E-state index in [4.69, 9.17) is 5.11 Å². The van der Waals surface area contributed by atoms with E-state index in [-0.39, 0.29) is 12.5 Å². The summed E-state index contributed by atoms with van der Waals surface area (Å²) in [6, 6.07) is 0. The number of aliphatic hydroxyl groups excluding tert-OH is 1. The zero-order valence-electron chi connectivity index (χ0n) is 10.5. The molecular formula is C12H24N2O2. The molecule has 0 spiro atoms. The molecule has 1 heterocycles. The molecule has 1 saturated heterocycles. The van der Waals surface area contributed by atoms with Crippen LogP contribution < -0.4 is 0 Å². The van der Waals surface area contributed by atoms with E-state index in [2.05, 4.69) is 11.9 Å². The molecule has 1 rings (SSSR count). The Hall–Kier alpha value is -0.610. The fourth-order valence-corrected chi connectivity index (χ4v) is 2.18. The van der Waals surface area contributed by atoms with Crippen molar-refractivity contribution >= 4 is 5.91 Å². The summed E-state index contributed by atoms with van der Waals surface area (Å²) in [5.74, 6) is 0.901. The Balaban J connectivity index is 2.14. The lowest BCUT2D eigenvalue weighted by Crippen LogP contribution is -2.29. The Kier molecular flexibility index (Phi) is 5.77. The van der Waals surface area contributed by atoms with Crippen molar-refractivity contribution in [3.63, 3.8) is 0 Å². The van der Waals surface area contributed by atoms with Crippen LogP contribution in [0.15, 0.2) is 0 Å². The van der Waals surface area contributed by atoms with Gasteiger partial charge in [0.25, 0.3) is 0 Å². The standard InChI is InChI=1S/C12H24N2O2/c1-13-7-5-11(10-13)6-8-14(2)12(16)4-3-9-15/h11,15H,3-10H2,1-2H3. The van der Waals surface area contributed by atoms with Crippen LogP contribution in [0.1, 0.15) is 25.7 Å². The van der Waals surface area contributed by atoms with Crippen molar-refractivity contribution in [2.45, 2.75) is 25.7 Å². The van der Waals surface area contributed by atoms with Gasteiger partial charge in [0.1, 0.15) is 0 Å². The van der Waals surface area contributed by atoms with E-state index in [1.54, 1.807) is 4.90 Å². The third-order valence-corrected chi connectivity index (χ3v) is 3.34. The van der Waals surface area contributed by atoms with E-state index >= 15 is 0 Å². The topological polar surface area (TPSA) is 43.8 Å². The first-order valence-electron chi connectivity index (χ1n) is 6.17. The van der Waals surface area contributed by atoms with Crippen molar-refractivity contribution in [3.05, 3.63) is 0 Å². The lowest BCUT2D eigenvalue weighted by Gasteiger charge is -2.19. The Morgan fingerprint density at radius 1 is 1.56 bits per heavy atom. The van der Waals surface area contributed by atoms with Crippen LogP contribution in [0.2, 0.25) is 0 Å². The van der Waals surface area contributed by atoms with Gasteiger partial charge in [-0.15, -0.1) is 0 Å². The number of nitrogens with zero attached hydrogens (tertiary/aromatic N) is 2. The van der Waals surface area contributed by atoms with Gasteiger partial charge in [0.05, 0.1) is 0 Å². The van der Waals surface area contributed by atoms with Crippen LogP contribution in [-0.2, 0) is 4.79 Å². The van der Waals surface area contributed by atoms with Crippen LogP contribution >= 0.6 is 0 Å². The molecule has 0 aromatic rings. The largest absolute Gasteiger partial charge is 0.396 e. The summed E-state index contributed by atoms with van der Waals surface area (Å²) in [5, 5.41) is 8.65. The van der Waals surface area contributed by atoms with Crippen LogP contribution in [0.25, 0.3) is 0 Å². The molecule has 1 unspecified atom stereocenters. The van der Waals surface area contributed by atoms with Gasteiger partial charge in [-0.25, -0.2) is 0 Å². The number of hydrogen-bond donors (Lipinski definition) is 1. The van der Waals surface area contributed by atoms with Crippen LogP contribution in [0.5, 0.6) is 0 Å². The quantitative estimate of drug-likeness (QED) is 0.722. The molecule has 1 atom stereocenters. The van der Waals surface area contributed by atoms with Gasteiger partial charge in [-0.05, 0) is 38.8 Å². The number of amides is 1. The van der Waals surface area contributed by atoms with Gasteiger partial charge < -0.3 is 14.9 Å². The summed E-state index contributed by atoms with van der Waals surface area (Å²) in [6.07, 6.45) is 3.41. The number of carbonyl (C=O) groups is 1. The molecule has 1 fully saturated rings. The predicted molar refractivity (Wildman–Crippen MR) is 64.2 cm³/mol. The van der Waals surface area contributed by atoms with Crippen LogP contribution in [0, 0.1) is 5.92 Å². The average molecular weight is 228 g/mol. The first kappa shape index (κ1) is 13.5. The minimum Gasteiger partial charge on any atom is -0.396 e. The molecule has 1 amide bonds. The number of aliphatic hydroxyl groups is 1. The highest BCUT2D eigenvalue weighted by molar-refractivity contribution is 5.75. The maximum Gasteiger partial charge on any atom is 0.222 e. The first-order valence-corrected chi connectivity index (χ1v) is 6.17.